The van der Waals surface area contributed by atoms with Crippen LogP contribution in [0, 0.1) is 22.6 Å². The Hall–Kier alpha value is -3.50. The van der Waals surface area contributed by atoms with E-state index in [4.69, 9.17) is 31.5 Å². The number of benzene rings is 2. The van der Waals surface area contributed by atoms with Crippen LogP contribution in [0.1, 0.15) is 43.7 Å². The first-order valence-corrected chi connectivity index (χ1v) is 11.1. The zero-order valence-electron chi connectivity index (χ0n) is 19.1. The highest BCUT2D eigenvalue weighted by molar-refractivity contribution is 6.30. The minimum absolute atomic E-state index is 0.00585. The summed E-state index contributed by atoms with van der Waals surface area (Å²) in [7, 11) is 1.54. The fourth-order valence-corrected chi connectivity index (χ4v) is 4.61. The van der Waals surface area contributed by atoms with Gasteiger partial charge in [0, 0.05) is 30.0 Å². The number of methoxy groups -OCH3 is 1. The Morgan fingerprint density at radius 2 is 2.03 bits per heavy atom. The Labute approximate surface area is 202 Å². The van der Waals surface area contributed by atoms with Gasteiger partial charge in [-0.05, 0) is 35.2 Å². The predicted molar refractivity (Wildman–Crippen MR) is 124 cm³/mol. The maximum atomic E-state index is 13.5. The van der Waals surface area contributed by atoms with E-state index in [1.165, 1.54) is 25.3 Å². The zero-order valence-corrected chi connectivity index (χ0v) is 19.8. The first-order chi connectivity index (χ1) is 16.1. The molecule has 1 aliphatic heterocycles. The summed E-state index contributed by atoms with van der Waals surface area (Å²) in [5.74, 6) is 0.217. The van der Waals surface area contributed by atoms with Gasteiger partial charge < -0.3 is 19.9 Å². The SMILES string of the molecule is COc1ccc([C@@H]2C(C#N)=C(N)OC3=C2C(=O)CC(C)(C)C3)cc1COc1ccc(F)c(Cl)c1. The molecule has 0 saturated heterocycles. The quantitative estimate of drug-likeness (QED) is 0.603. The molecule has 0 unspecified atom stereocenters. The van der Waals surface area contributed by atoms with E-state index in [9.17, 15) is 14.4 Å². The van der Waals surface area contributed by atoms with Gasteiger partial charge in [-0.1, -0.05) is 31.5 Å². The summed E-state index contributed by atoms with van der Waals surface area (Å²) in [6.07, 6.45) is 0.892. The van der Waals surface area contributed by atoms with Crippen molar-refractivity contribution in [3.05, 3.63) is 81.2 Å². The van der Waals surface area contributed by atoms with E-state index in [1.807, 2.05) is 19.9 Å². The number of nitriles is 1. The van der Waals surface area contributed by atoms with E-state index in [0.717, 1.165) is 0 Å². The molecule has 0 saturated carbocycles. The van der Waals surface area contributed by atoms with E-state index >= 15 is 0 Å². The Balaban J connectivity index is 1.74. The van der Waals surface area contributed by atoms with Crippen LogP contribution in [0.25, 0.3) is 0 Å². The minimum atomic E-state index is -0.651. The van der Waals surface area contributed by atoms with Crippen molar-refractivity contribution in [2.45, 2.75) is 39.2 Å². The Morgan fingerprint density at radius 3 is 2.71 bits per heavy atom. The highest BCUT2D eigenvalue weighted by Gasteiger charge is 2.43. The fraction of sp³-hybridized carbons (Fsp3) is 0.308. The van der Waals surface area contributed by atoms with Gasteiger partial charge in [0.05, 0.1) is 18.1 Å². The molecular formula is C26H24ClFN2O4. The van der Waals surface area contributed by atoms with Crippen LogP contribution in [-0.4, -0.2) is 12.9 Å². The number of halogens is 2. The molecule has 2 aromatic carbocycles. The summed E-state index contributed by atoms with van der Waals surface area (Å²) < 4.78 is 30.5. The number of nitrogens with zero attached hydrogens (tertiary/aromatic N) is 1. The third-order valence-corrected chi connectivity index (χ3v) is 6.29. The Morgan fingerprint density at radius 1 is 1.26 bits per heavy atom. The molecule has 0 radical (unpaired) electrons. The molecule has 34 heavy (non-hydrogen) atoms. The summed E-state index contributed by atoms with van der Waals surface area (Å²) >= 11 is 5.85. The Bertz CT molecular complexity index is 1280. The first-order valence-electron chi connectivity index (χ1n) is 10.7. The van der Waals surface area contributed by atoms with Gasteiger partial charge in [0.25, 0.3) is 0 Å². The van der Waals surface area contributed by atoms with Gasteiger partial charge in [0.15, 0.2) is 5.78 Å². The highest BCUT2D eigenvalue weighted by atomic mass is 35.5. The molecule has 1 aliphatic carbocycles. The highest BCUT2D eigenvalue weighted by Crippen LogP contribution is 2.48. The molecule has 2 aromatic rings. The average molecular weight is 483 g/mol. The largest absolute Gasteiger partial charge is 0.496 e. The van der Waals surface area contributed by atoms with E-state index in [0.29, 0.717) is 46.8 Å². The molecule has 6 nitrogen and oxygen atoms in total. The van der Waals surface area contributed by atoms with Crippen molar-refractivity contribution >= 4 is 17.4 Å². The van der Waals surface area contributed by atoms with Crippen molar-refractivity contribution in [1.82, 2.24) is 0 Å². The molecule has 8 heteroatoms. The number of hydrogen-bond donors (Lipinski definition) is 1. The molecule has 0 amide bonds. The molecule has 2 N–H and O–H groups in total. The monoisotopic (exact) mass is 482 g/mol. The zero-order chi connectivity index (χ0) is 24.6. The number of ketones is 1. The lowest BCUT2D eigenvalue weighted by Gasteiger charge is -2.37. The maximum absolute atomic E-state index is 13.5. The van der Waals surface area contributed by atoms with Crippen LogP contribution in [-0.2, 0) is 16.1 Å². The molecule has 4 rings (SSSR count). The molecule has 2 aliphatic rings. The molecule has 0 aromatic heterocycles. The van der Waals surface area contributed by atoms with Crippen LogP contribution < -0.4 is 15.2 Å². The molecule has 0 fully saturated rings. The Kier molecular flexibility index (Phi) is 6.28. The number of rotatable bonds is 5. The molecule has 1 atom stereocenters. The van der Waals surface area contributed by atoms with Crippen LogP contribution in [0.2, 0.25) is 5.02 Å². The lowest BCUT2D eigenvalue weighted by Crippen LogP contribution is -2.33. The molecule has 1 heterocycles. The third kappa shape index (κ3) is 4.46. The number of ether oxygens (including phenoxy) is 3. The van der Waals surface area contributed by atoms with Gasteiger partial charge in [-0.3, -0.25) is 4.79 Å². The van der Waals surface area contributed by atoms with Gasteiger partial charge in [-0.25, -0.2) is 4.39 Å². The van der Waals surface area contributed by atoms with Crippen LogP contribution in [0.4, 0.5) is 4.39 Å². The summed E-state index contributed by atoms with van der Waals surface area (Å²) in [6, 6.07) is 11.6. The number of hydrogen-bond acceptors (Lipinski definition) is 6. The van der Waals surface area contributed by atoms with Crippen molar-refractivity contribution < 1.29 is 23.4 Å². The maximum Gasteiger partial charge on any atom is 0.205 e. The second-order valence-electron chi connectivity index (χ2n) is 9.14. The van der Waals surface area contributed by atoms with Crippen LogP contribution in [0.5, 0.6) is 11.5 Å². The number of carbonyl (C=O) groups is 1. The summed E-state index contributed by atoms with van der Waals surface area (Å²) in [4.78, 5) is 13.2. The van der Waals surface area contributed by atoms with E-state index in [2.05, 4.69) is 6.07 Å². The third-order valence-electron chi connectivity index (χ3n) is 6.00. The van der Waals surface area contributed by atoms with E-state index in [-0.39, 0.29) is 34.3 Å². The van der Waals surface area contributed by atoms with E-state index in [1.54, 1.807) is 12.1 Å². The molecule has 0 spiro atoms. The second kappa shape index (κ2) is 9.03. The lowest BCUT2D eigenvalue weighted by molar-refractivity contribution is -0.119. The summed E-state index contributed by atoms with van der Waals surface area (Å²) in [5, 5.41) is 9.80. The summed E-state index contributed by atoms with van der Waals surface area (Å²) in [5.41, 5.74) is 7.87. The molecular weight excluding hydrogens is 459 g/mol. The van der Waals surface area contributed by atoms with Crippen molar-refractivity contribution in [2.24, 2.45) is 11.1 Å². The van der Waals surface area contributed by atoms with Crippen molar-refractivity contribution in [2.75, 3.05) is 7.11 Å². The van der Waals surface area contributed by atoms with Crippen molar-refractivity contribution in [3.63, 3.8) is 0 Å². The summed E-state index contributed by atoms with van der Waals surface area (Å²) in [6.45, 7) is 4.09. The number of nitrogens with two attached hydrogens (primary N) is 1. The first kappa shape index (κ1) is 23.7. The van der Waals surface area contributed by atoms with Crippen molar-refractivity contribution in [1.29, 1.82) is 5.26 Å². The lowest BCUT2D eigenvalue weighted by atomic mass is 9.70. The van der Waals surface area contributed by atoms with Gasteiger partial charge >= 0.3 is 0 Å². The standard InChI is InChI=1S/C26H24ClFN2O4/c1-26(2)10-20(31)24-22(11-26)34-25(30)17(12-29)23(24)14-4-7-21(32-3)15(8-14)13-33-16-5-6-19(28)18(27)9-16/h4-9,23H,10-11,13,30H2,1-3H3/t23-/m1/s1. The van der Waals surface area contributed by atoms with Crippen LogP contribution in [0.15, 0.2) is 59.2 Å². The normalized spacial score (nSPS) is 19.3. The molecule has 0 bridgehead atoms. The van der Waals surface area contributed by atoms with E-state index < -0.39 is 11.7 Å². The van der Waals surface area contributed by atoms with Gasteiger partial charge in [-0.2, -0.15) is 5.26 Å². The van der Waals surface area contributed by atoms with Crippen LogP contribution >= 0.6 is 11.6 Å². The molecule has 176 valence electrons. The van der Waals surface area contributed by atoms with Crippen LogP contribution in [0.3, 0.4) is 0 Å². The topological polar surface area (TPSA) is 94.6 Å². The van der Waals surface area contributed by atoms with Gasteiger partial charge in [-0.15, -0.1) is 0 Å². The second-order valence-corrected chi connectivity index (χ2v) is 9.55. The minimum Gasteiger partial charge on any atom is -0.496 e. The van der Waals surface area contributed by atoms with Crippen molar-refractivity contribution in [3.8, 4) is 17.6 Å². The number of Topliss-reactive ketones (excluding diaryl/α,β-unsaturated/α-hetero) is 1. The predicted octanol–water partition coefficient (Wildman–Crippen LogP) is 5.52. The number of allylic oxidation sites excluding steroid dienone is 3. The fourth-order valence-electron chi connectivity index (χ4n) is 4.44. The van der Waals surface area contributed by atoms with Gasteiger partial charge in [0.1, 0.15) is 41.3 Å². The smallest absolute Gasteiger partial charge is 0.205 e. The average Bonchev–Trinajstić information content (AvgIpc) is 2.78. The number of carbonyl (C=O) groups excluding carboxylic acids is 1. The van der Waals surface area contributed by atoms with Gasteiger partial charge in [0.2, 0.25) is 5.88 Å².